The van der Waals surface area contributed by atoms with E-state index in [0.29, 0.717) is 32.1 Å². The highest BCUT2D eigenvalue weighted by molar-refractivity contribution is 5.80. The molecular formula is C26H35N3O3. The van der Waals surface area contributed by atoms with Crippen molar-refractivity contribution >= 4 is 10.9 Å². The molecule has 0 aliphatic carbocycles. The molecule has 3 aromatic rings. The van der Waals surface area contributed by atoms with E-state index in [1.54, 1.807) is 14.2 Å². The Kier molecular flexibility index (Phi) is 8.85. The number of aliphatic hydroxyl groups excluding tert-OH is 1. The van der Waals surface area contributed by atoms with E-state index in [9.17, 15) is 5.11 Å². The van der Waals surface area contributed by atoms with E-state index in [1.807, 2.05) is 30.3 Å². The average Bonchev–Trinajstić information content (AvgIpc) is 2.82. The van der Waals surface area contributed by atoms with E-state index in [4.69, 9.17) is 14.5 Å². The Hall–Kier alpha value is -2.67. The van der Waals surface area contributed by atoms with Crippen LogP contribution in [-0.2, 0) is 13.1 Å². The molecule has 0 fully saturated rings. The summed E-state index contributed by atoms with van der Waals surface area (Å²) in [6.45, 7) is 8.63. The third-order valence-corrected chi connectivity index (χ3v) is 5.75. The first-order valence-corrected chi connectivity index (χ1v) is 11.2. The molecule has 0 saturated carbocycles. The van der Waals surface area contributed by atoms with Crippen molar-refractivity contribution in [1.29, 1.82) is 0 Å². The zero-order valence-corrected chi connectivity index (χ0v) is 19.6. The molecule has 0 aliphatic rings. The normalized spacial score (nSPS) is 12.5. The smallest absolute Gasteiger partial charge is 0.218 e. The molecule has 1 aromatic heterocycles. The van der Waals surface area contributed by atoms with Gasteiger partial charge >= 0.3 is 0 Å². The number of hydrogen-bond acceptors (Lipinski definition) is 6. The van der Waals surface area contributed by atoms with Crippen molar-refractivity contribution in [3.63, 3.8) is 0 Å². The molecule has 0 radical (unpaired) electrons. The highest BCUT2D eigenvalue weighted by atomic mass is 16.5. The number of pyridine rings is 1. The number of aromatic nitrogens is 1. The highest BCUT2D eigenvalue weighted by Crippen LogP contribution is 2.24. The van der Waals surface area contributed by atoms with E-state index in [1.165, 1.54) is 0 Å². The summed E-state index contributed by atoms with van der Waals surface area (Å²) >= 11 is 0. The number of benzene rings is 2. The summed E-state index contributed by atoms with van der Waals surface area (Å²) in [7, 11) is 3.33. The Morgan fingerprint density at radius 3 is 2.22 bits per heavy atom. The summed E-state index contributed by atoms with van der Waals surface area (Å²) in [5.74, 6) is 1.46. The molecule has 6 nitrogen and oxygen atoms in total. The van der Waals surface area contributed by atoms with Gasteiger partial charge in [-0.1, -0.05) is 44.2 Å². The average molecular weight is 438 g/mol. The predicted molar refractivity (Wildman–Crippen MR) is 129 cm³/mol. The van der Waals surface area contributed by atoms with Crippen LogP contribution in [0.1, 0.15) is 25.0 Å². The van der Waals surface area contributed by atoms with Gasteiger partial charge in [-0.15, -0.1) is 0 Å². The van der Waals surface area contributed by atoms with Crippen molar-refractivity contribution in [2.45, 2.75) is 33.0 Å². The van der Waals surface area contributed by atoms with Crippen molar-refractivity contribution in [3.8, 4) is 11.6 Å². The first-order valence-electron chi connectivity index (χ1n) is 11.2. The molecule has 0 amide bonds. The van der Waals surface area contributed by atoms with Crippen LogP contribution in [0.3, 0.4) is 0 Å². The molecule has 1 heterocycles. The zero-order chi connectivity index (χ0) is 22.9. The molecule has 0 bridgehead atoms. The lowest BCUT2D eigenvalue weighted by Crippen LogP contribution is -2.40. The Labute approximate surface area is 191 Å². The Balaban J connectivity index is 1.84. The first kappa shape index (κ1) is 24.0. The second-order valence-corrected chi connectivity index (χ2v) is 8.01. The topological polar surface area (TPSA) is 58.1 Å². The lowest BCUT2D eigenvalue weighted by Gasteiger charge is -2.28. The maximum absolute atomic E-state index is 10.8. The van der Waals surface area contributed by atoms with E-state index >= 15 is 0 Å². The largest absolute Gasteiger partial charge is 0.497 e. The van der Waals surface area contributed by atoms with Gasteiger partial charge in [0.15, 0.2) is 0 Å². The van der Waals surface area contributed by atoms with E-state index in [2.05, 4.69) is 47.9 Å². The molecule has 32 heavy (non-hydrogen) atoms. The molecule has 0 saturated heterocycles. The monoisotopic (exact) mass is 437 g/mol. The fourth-order valence-electron chi connectivity index (χ4n) is 3.98. The molecule has 3 rings (SSSR count). The third-order valence-electron chi connectivity index (χ3n) is 5.75. The van der Waals surface area contributed by atoms with Crippen LogP contribution in [0.15, 0.2) is 54.6 Å². The number of aliphatic hydroxyl groups is 1. The number of rotatable bonds is 12. The first-order chi connectivity index (χ1) is 15.6. The summed E-state index contributed by atoms with van der Waals surface area (Å²) in [5, 5.41) is 11.9. The van der Waals surface area contributed by atoms with Gasteiger partial charge in [-0.25, -0.2) is 4.98 Å². The van der Waals surface area contributed by atoms with Crippen molar-refractivity contribution in [2.75, 3.05) is 40.4 Å². The maximum Gasteiger partial charge on any atom is 0.218 e. The molecular weight excluding hydrogens is 402 g/mol. The number of nitrogens with zero attached hydrogens (tertiary/aromatic N) is 3. The summed E-state index contributed by atoms with van der Waals surface area (Å²) in [6, 6.07) is 18.3. The number of ether oxygens (including phenoxy) is 2. The van der Waals surface area contributed by atoms with Gasteiger partial charge in [0.05, 0.1) is 25.8 Å². The van der Waals surface area contributed by atoms with Gasteiger partial charge in [-0.05, 0) is 42.9 Å². The number of fused-ring (bicyclic) bond motifs is 1. The molecule has 0 spiro atoms. The molecule has 1 atom stereocenters. The minimum Gasteiger partial charge on any atom is -0.497 e. The van der Waals surface area contributed by atoms with Crippen LogP contribution in [-0.4, -0.2) is 66.4 Å². The molecule has 6 heteroatoms. The molecule has 1 N–H and O–H groups in total. The second-order valence-electron chi connectivity index (χ2n) is 8.01. The van der Waals surface area contributed by atoms with Gasteiger partial charge in [-0.3, -0.25) is 4.90 Å². The maximum atomic E-state index is 10.8. The fourth-order valence-corrected chi connectivity index (χ4v) is 3.98. The standard InChI is InChI=1S/C26H35N3O3/c1-5-28(6-2)18-23(30)19-29(16-20-11-13-24(31-3)14-12-20)17-22-15-21-9-7-8-10-25(21)27-26(22)32-4/h7-15,23,30H,5-6,16-19H2,1-4H3. The summed E-state index contributed by atoms with van der Waals surface area (Å²) in [5.41, 5.74) is 3.08. The van der Waals surface area contributed by atoms with Crippen molar-refractivity contribution in [2.24, 2.45) is 0 Å². The second kappa shape index (κ2) is 11.8. The highest BCUT2D eigenvalue weighted by Gasteiger charge is 2.18. The molecule has 1 unspecified atom stereocenters. The number of methoxy groups -OCH3 is 2. The van der Waals surface area contributed by atoms with Gasteiger partial charge in [0.1, 0.15) is 5.75 Å². The summed E-state index contributed by atoms with van der Waals surface area (Å²) in [6.07, 6.45) is -0.451. The number of para-hydroxylation sites is 1. The van der Waals surface area contributed by atoms with Gasteiger partial charge in [-0.2, -0.15) is 0 Å². The quantitative estimate of drug-likeness (QED) is 0.463. The number of hydrogen-bond donors (Lipinski definition) is 1. The van der Waals surface area contributed by atoms with Gasteiger partial charge in [0.25, 0.3) is 0 Å². The predicted octanol–water partition coefficient (Wildman–Crippen LogP) is 3.96. The summed E-state index contributed by atoms with van der Waals surface area (Å²) < 4.78 is 10.9. The van der Waals surface area contributed by atoms with E-state index in [0.717, 1.165) is 40.9 Å². The molecule has 0 aliphatic heterocycles. The lowest BCUT2D eigenvalue weighted by molar-refractivity contribution is 0.0710. The van der Waals surface area contributed by atoms with Crippen LogP contribution in [0, 0.1) is 0 Å². The van der Waals surface area contributed by atoms with Crippen molar-refractivity contribution < 1.29 is 14.6 Å². The van der Waals surface area contributed by atoms with Gasteiger partial charge in [0, 0.05) is 37.1 Å². The van der Waals surface area contributed by atoms with Crippen molar-refractivity contribution in [1.82, 2.24) is 14.8 Å². The van der Waals surface area contributed by atoms with Crippen LogP contribution in [0.4, 0.5) is 0 Å². The minimum absolute atomic E-state index is 0.451. The van der Waals surface area contributed by atoms with E-state index < -0.39 is 6.10 Å². The molecule has 172 valence electrons. The summed E-state index contributed by atoms with van der Waals surface area (Å²) in [4.78, 5) is 9.19. The van der Waals surface area contributed by atoms with Gasteiger partial charge in [0.2, 0.25) is 5.88 Å². The van der Waals surface area contributed by atoms with Crippen LogP contribution in [0.2, 0.25) is 0 Å². The van der Waals surface area contributed by atoms with Crippen LogP contribution in [0.5, 0.6) is 11.6 Å². The number of likely N-dealkylation sites (N-methyl/N-ethyl adjacent to an activating group) is 1. The minimum atomic E-state index is -0.451. The van der Waals surface area contributed by atoms with Crippen molar-refractivity contribution in [3.05, 3.63) is 65.7 Å². The Morgan fingerprint density at radius 1 is 0.875 bits per heavy atom. The SMILES string of the molecule is CCN(CC)CC(O)CN(Cc1ccc(OC)cc1)Cc1cc2ccccc2nc1OC. The van der Waals surface area contributed by atoms with E-state index in [-0.39, 0.29) is 0 Å². The Bertz CT molecular complexity index is 974. The fraction of sp³-hybridized carbons (Fsp3) is 0.423. The lowest BCUT2D eigenvalue weighted by atomic mass is 10.1. The zero-order valence-electron chi connectivity index (χ0n) is 19.6. The van der Waals surface area contributed by atoms with Crippen LogP contribution >= 0.6 is 0 Å². The Morgan fingerprint density at radius 2 is 1.56 bits per heavy atom. The third kappa shape index (κ3) is 6.42. The van der Waals surface area contributed by atoms with Crippen LogP contribution < -0.4 is 9.47 Å². The van der Waals surface area contributed by atoms with Gasteiger partial charge < -0.3 is 19.5 Å². The van der Waals surface area contributed by atoms with Crippen LogP contribution in [0.25, 0.3) is 10.9 Å². The molecule has 2 aromatic carbocycles.